The lowest BCUT2D eigenvalue weighted by Gasteiger charge is -2.29. The first-order chi connectivity index (χ1) is 15.0. The van der Waals surface area contributed by atoms with Gasteiger partial charge in [-0.3, -0.25) is 9.59 Å². The topological polar surface area (TPSA) is 88.9 Å². The molecule has 0 unspecified atom stereocenters. The van der Waals surface area contributed by atoms with Crippen LogP contribution >= 0.6 is 23.4 Å². The van der Waals surface area contributed by atoms with E-state index < -0.39 is 0 Å². The standard InChI is InChI=1S/C22H28ClN5O2S/c1-3-12-28-19(13-24-21(30)16-8-10-17(23)11-9-16)26-27-22(28)31-14-20(29)25-18-7-5-4-6-15(18)2/h3,8-11,15,18H,1,4-7,12-14H2,2H3,(H,24,30)(H,25,29)/t15-,18-/m0/s1. The zero-order chi connectivity index (χ0) is 22.2. The lowest BCUT2D eigenvalue weighted by molar-refractivity contribution is -0.119. The number of carbonyl (C=O) groups is 2. The van der Waals surface area contributed by atoms with E-state index in [1.807, 2.05) is 4.57 Å². The predicted octanol–water partition coefficient (Wildman–Crippen LogP) is 3.83. The highest BCUT2D eigenvalue weighted by molar-refractivity contribution is 7.99. The van der Waals surface area contributed by atoms with Crippen LogP contribution in [0.3, 0.4) is 0 Å². The van der Waals surface area contributed by atoms with Gasteiger partial charge in [0.15, 0.2) is 11.0 Å². The van der Waals surface area contributed by atoms with Crippen LogP contribution in [0.15, 0.2) is 42.1 Å². The lowest BCUT2D eigenvalue weighted by Crippen LogP contribution is -2.41. The number of benzene rings is 1. The average Bonchev–Trinajstić information content (AvgIpc) is 3.14. The van der Waals surface area contributed by atoms with Gasteiger partial charge in [-0.15, -0.1) is 16.8 Å². The van der Waals surface area contributed by atoms with Gasteiger partial charge in [0.1, 0.15) is 0 Å². The number of carbonyl (C=O) groups excluding carboxylic acids is 2. The third-order valence-electron chi connectivity index (χ3n) is 5.41. The van der Waals surface area contributed by atoms with Crippen LogP contribution in [-0.4, -0.2) is 38.4 Å². The third-order valence-corrected chi connectivity index (χ3v) is 6.63. The van der Waals surface area contributed by atoms with E-state index >= 15 is 0 Å². The molecule has 1 fully saturated rings. The maximum atomic E-state index is 12.4. The number of nitrogens with one attached hydrogen (secondary N) is 2. The molecular formula is C22H28ClN5O2S. The van der Waals surface area contributed by atoms with Gasteiger partial charge in [0.25, 0.3) is 5.91 Å². The van der Waals surface area contributed by atoms with Gasteiger partial charge in [-0.1, -0.05) is 49.2 Å². The van der Waals surface area contributed by atoms with Gasteiger partial charge in [0, 0.05) is 23.2 Å². The van der Waals surface area contributed by atoms with Crippen molar-refractivity contribution in [2.24, 2.45) is 5.92 Å². The van der Waals surface area contributed by atoms with Crippen LogP contribution < -0.4 is 10.6 Å². The predicted molar refractivity (Wildman–Crippen MR) is 123 cm³/mol. The summed E-state index contributed by atoms with van der Waals surface area (Å²) in [6, 6.07) is 6.93. The molecule has 1 aromatic carbocycles. The molecular weight excluding hydrogens is 434 g/mol. The van der Waals surface area contributed by atoms with Gasteiger partial charge in [-0.2, -0.15) is 0 Å². The fourth-order valence-corrected chi connectivity index (χ4v) is 4.54. The number of hydrogen-bond donors (Lipinski definition) is 2. The second kappa shape index (κ2) is 11.3. The van der Waals surface area contributed by atoms with Crippen LogP contribution in [0.25, 0.3) is 0 Å². The first kappa shape index (κ1) is 23.3. The molecule has 0 saturated heterocycles. The number of halogens is 1. The van der Waals surface area contributed by atoms with Crippen molar-refractivity contribution in [3.63, 3.8) is 0 Å². The third kappa shape index (κ3) is 6.58. The normalized spacial score (nSPS) is 18.4. The van der Waals surface area contributed by atoms with Crippen molar-refractivity contribution in [3.05, 3.63) is 53.3 Å². The fourth-order valence-electron chi connectivity index (χ4n) is 3.64. The van der Waals surface area contributed by atoms with Crippen molar-refractivity contribution in [1.82, 2.24) is 25.4 Å². The molecule has 166 valence electrons. The molecule has 1 saturated carbocycles. The molecule has 0 bridgehead atoms. The van der Waals surface area contributed by atoms with E-state index in [0.717, 1.165) is 12.8 Å². The SMILES string of the molecule is C=CCn1c(CNC(=O)c2ccc(Cl)cc2)nnc1SCC(=O)N[C@H]1CCCC[C@@H]1C. The first-order valence-electron chi connectivity index (χ1n) is 10.5. The highest BCUT2D eigenvalue weighted by atomic mass is 35.5. The molecule has 0 spiro atoms. The molecule has 2 amide bonds. The Hall–Kier alpha value is -2.32. The smallest absolute Gasteiger partial charge is 0.251 e. The van der Waals surface area contributed by atoms with Crippen LogP contribution in [0.5, 0.6) is 0 Å². The number of hydrogen-bond acceptors (Lipinski definition) is 5. The van der Waals surface area contributed by atoms with Crippen LogP contribution in [0, 0.1) is 5.92 Å². The van der Waals surface area contributed by atoms with E-state index in [1.54, 1.807) is 30.3 Å². The number of nitrogens with zero attached hydrogens (tertiary/aromatic N) is 3. The highest BCUT2D eigenvalue weighted by Crippen LogP contribution is 2.24. The van der Waals surface area contributed by atoms with Crippen molar-refractivity contribution in [1.29, 1.82) is 0 Å². The Bertz CT molecular complexity index is 915. The number of rotatable bonds is 9. The molecule has 31 heavy (non-hydrogen) atoms. The van der Waals surface area contributed by atoms with Crippen molar-refractivity contribution in [3.8, 4) is 0 Å². The average molecular weight is 462 g/mol. The molecule has 2 N–H and O–H groups in total. The maximum absolute atomic E-state index is 12.4. The van der Waals surface area contributed by atoms with Gasteiger partial charge in [0.05, 0.1) is 12.3 Å². The highest BCUT2D eigenvalue weighted by Gasteiger charge is 2.23. The Morgan fingerprint density at radius 3 is 2.71 bits per heavy atom. The van der Waals surface area contributed by atoms with Crippen molar-refractivity contribution < 1.29 is 9.59 Å². The molecule has 1 aliphatic carbocycles. The molecule has 3 rings (SSSR count). The summed E-state index contributed by atoms with van der Waals surface area (Å²) >= 11 is 7.21. The van der Waals surface area contributed by atoms with Crippen molar-refractivity contribution in [2.75, 3.05) is 5.75 Å². The summed E-state index contributed by atoms with van der Waals surface area (Å²) in [6.07, 6.45) is 6.35. The van der Waals surface area contributed by atoms with Crippen molar-refractivity contribution >= 4 is 35.2 Å². The number of allylic oxidation sites excluding steroid dienone is 1. The Morgan fingerprint density at radius 2 is 2.00 bits per heavy atom. The second-order valence-corrected chi connectivity index (χ2v) is 9.09. The summed E-state index contributed by atoms with van der Waals surface area (Å²) in [7, 11) is 0. The van der Waals surface area contributed by atoms with Crippen molar-refractivity contribution in [2.45, 2.75) is 56.9 Å². The summed E-state index contributed by atoms with van der Waals surface area (Å²) in [5.41, 5.74) is 0.516. The quantitative estimate of drug-likeness (QED) is 0.437. The lowest BCUT2D eigenvalue weighted by atomic mass is 9.86. The van der Waals surface area contributed by atoms with E-state index in [9.17, 15) is 9.59 Å². The Kier molecular flexibility index (Phi) is 8.54. The maximum Gasteiger partial charge on any atom is 0.251 e. The summed E-state index contributed by atoms with van der Waals surface area (Å²) < 4.78 is 1.86. The largest absolute Gasteiger partial charge is 0.352 e. The molecule has 1 aliphatic rings. The van der Waals surface area contributed by atoms with E-state index in [1.165, 1.54) is 24.6 Å². The van der Waals surface area contributed by atoms with Crippen LogP contribution in [0.2, 0.25) is 5.02 Å². The minimum Gasteiger partial charge on any atom is -0.352 e. The Morgan fingerprint density at radius 1 is 1.26 bits per heavy atom. The van der Waals surface area contributed by atoms with E-state index in [0.29, 0.717) is 34.0 Å². The van der Waals surface area contributed by atoms with Gasteiger partial charge in [-0.25, -0.2) is 0 Å². The second-order valence-electron chi connectivity index (χ2n) is 7.71. The number of thioether (sulfide) groups is 1. The number of amides is 2. The Labute approximate surface area is 192 Å². The molecule has 0 aliphatic heterocycles. The molecule has 1 aromatic heterocycles. The molecule has 9 heteroatoms. The monoisotopic (exact) mass is 461 g/mol. The molecule has 2 aromatic rings. The van der Waals surface area contributed by atoms with E-state index in [2.05, 4.69) is 34.3 Å². The zero-order valence-electron chi connectivity index (χ0n) is 17.6. The van der Waals surface area contributed by atoms with Crippen LogP contribution in [-0.2, 0) is 17.9 Å². The van der Waals surface area contributed by atoms with Gasteiger partial charge in [0.2, 0.25) is 5.91 Å². The summed E-state index contributed by atoms with van der Waals surface area (Å²) in [5.74, 6) is 1.18. The Balaban J connectivity index is 1.56. The zero-order valence-corrected chi connectivity index (χ0v) is 19.2. The van der Waals surface area contributed by atoms with Gasteiger partial charge >= 0.3 is 0 Å². The van der Waals surface area contributed by atoms with Crippen LogP contribution in [0.1, 0.15) is 48.8 Å². The number of aromatic nitrogens is 3. The fraction of sp³-hybridized carbons (Fsp3) is 0.455. The van der Waals surface area contributed by atoms with Gasteiger partial charge < -0.3 is 15.2 Å². The van der Waals surface area contributed by atoms with Gasteiger partial charge in [-0.05, 0) is 43.0 Å². The van der Waals surface area contributed by atoms with E-state index in [4.69, 9.17) is 11.6 Å². The molecule has 7 nitrogen and oxygen atoms in total. The van der Waals surface area contributed by atoms with E-state index in [-0.39, 0.29) is 30.2 Å². The summed E-state index contributed by atoms with van der Waals surface area (Å²) in [5, 5.41) is 15.6. The molecule has 2 atom stereocenters. The van der Waals surface area contributed by atoms with Crippen LogP contribution in [0.4, 0.5) is 0 Å². The minimum absolute atomic E-state index is 0.00879. The molecule has 0 radical (unpaired) electrons. The first-order valence-corrected chi connectivity index (χ1v) is 11.8. The molecule has 1 heterocycles. The summed E-state index contributed by atoms with van der Waals surface area (Å²) in [4.78, 5) is 24.8. The summed E-state index contributed by atoms with van der Waals surface area (Å²) in [6.45, 7) is 6.69. The minimum atomic E-state index is -0.222.